The summed E-state index contributed by atoms with van der Waals surface area (Å²) in [6.45, 7) is 1.76. The summed E-state index contributed by atoms with van der Waals surface area (Å²) in [5, 5.41) is 17.8. The molecule has 2 aromatic rings. The molecule has 7 heteroatoms. The highest BCUT2D eigenvalue weighted by Crippen LogP contribution is 2.31. The average Bonchev–Trinajstić information content (AvgIpc) is 2.84. The molecule has 1 atom stereocenters. The van der Waals surface area contributed by atoms with Crippen LogP contribution in [0.5, 0.6) is 0 Å². The minimum atomic E-state index is -0.284. The summed E-state index contributed by atoms with van der Waals surface area (Å²) in [7, 11) is 0. The van der Waals surface area contributed by atoms with Gasteiger partial charge in [-0.25, -0.2) is 0 Å². The van der Waals surface area contributed by atoms with Crippen molar-refractivity contribution in [1.29, 1.82) is 0 Å². The van der Waals surface area contributed by atoms with Crippen LogP contribution in [-0.2, 0) is 17.6 Å². The Morgan fingerprint density at radius 1 is 1.42 bits per heavy atom. The molecule has 2 heterocycles. The number of carbonyl (C=O) groups excluding carboxylic acids is 1. The van der Waals surface area contributed by atoms with Crippen LogP contribution in [0.2, 0.25) is 0 Å². The number of carbonyl (C=O) groups is 1. The van der Waals surface area contributed by atoms with Crippen molar-refractivity contribution in [1.82, 2.24) is 20.5 Å². The maximum Gasteiger partial charge on any atom is 0.267 e. The molecule has 0 aliphatic heterocycles. The van der Waals surface area contributed by atoms with Gasteiger partial charge in [0.05, 0.1) is 12.5 Å². The Bertz CT molecular complexity index is 747. The van der Waals surface area contributed by atoms with Gasteiger partial charge < -0.3 is 15.5 Å². The Morgan fingerprint density at radius 2 is 2.21 bits per heavy atom. The summed E-state index contributed by atoms with van der Waals surface area (Å²) in [6, 6.07) is 5.61. The third-order valence-electron chi connectivity index (χ3n) is 4.65. The maximum atomic E-state index is 12.4. The Balaban J connectivity index is 1.67. The van der Waals surface area contributed by atoms with Gasteiger partial charge in [0, 0.05) is 35.6 Å². The zero-order valence-corrected chi connectivity index (χ0v) is 13.6. The summed E-state index contributed by atoms with van der Waals surface area (Å²) < 4.78 is 0. The number of nitrogens with zero attached hydrogens (tertiary/aromatic N) is 1. The Hall–Kier alpha value is -2.41. The lowest BCUT2D eigenvalue weighted by molar-refractivity contribution is -0.122. The third kappa shape index (κ3) is 3.73. The van der Waals surface area contributed by atoms with Crippen LogP contribution in [0.15, 0.2) is 29.2 Å². The van der Waals surface area contributed by atoms with Crippen LogP contribution in [0.4, 0.5) is 0 Å². The van der Waals surface area contributed by atoms with E-state index in [0.29, 0.717) is 30.5 Å². The first-order valence-electron chi connectivity index (χ1n) is 8.16. The van der Waals surface area contributed by atoms with Gasteiger partial charge in [-0.3, -0.25) is 19.7 Å². The SMILES string of the molecule is Cc1[nH][nH]c(=O)c1CC(=O)NC(Cc1ccccn1)C1CC(O)C1. The van der Waals surface area contributed by atoms with Crippen LogP contribution >= 0.6 is 0 Å². The molecule has 4 N–H and O–H groups in total. The van der Waals surface area contributed by atoms with E-state index in [2.05, 4.69) is 20.5 Å². The number of amides is 1. The highest BCUT2D eigenvalue weighted by atomic mass is 16.3. The zero-order valence-electron chi connectivity index (χ0n) is 13.6. The first-order valence-corrected chi connectivity index (χ1v) is 8.16. The van der Waals surface area contributed by atoms with Crippen LogP contribution < -0.4 is 10.9 Å². The van der Waals surface area contributed by atoms with E-state index >= 15 is 0 Å². The largest absolute Gasteiger partial charge is 0.393 e. The van der Waals surface area contributed by atoms with Gasteiger partial charge in [-0.2, -0.15) is 0 Å². The fourth-order valence-corrected chi connectivity index (χ4v) is 3.14. The number of aromatic amines is 2. The van der Waals surface area contributed by atoms with E-state index in [0.717, 1.165) is 5.69 Å². The molecule has 0 aromatic carbocycles. The van der Waals surface area contributed by atoms with Crippen LogP contribution in [0.1, 0.15) is 29.8 Å². The number of nitrogens with one attached hydrogen (secondary N) is 3. The van der Waals surface area contributed by atoms with E-state index in [1.165, 1.54) is 0 Å². The van der Waals surface area contributed by atoms with Crippen LogP contribution in [0.3, 0.4) is 0 Å². The standard InChI is InChI=1S/C17H22N4O3/c1-10-14(17(24)21-20-10)9-16(23)19-15(11-6-13(22)7-11)8-12-4-2-3-5-18-12/h2-5,11,13,15,22H,6-9H2,1H3,(H,19,23)(H2,20,21,24). The zero-order chi connectivity index (χ0) is 17.1. The van der Waals surface area contributed by atoms with Crippen molar-refractivity contribution in [3.05, 3.63) is 51.7 Å². The molecule has 0 bridgehead atoms. The number of aryl methyl sites for hydroxylation is 1. The van der Waals surface area contributed by atoms with Crippen molar-refractivity contribution in [3.63, 3.8) is 0 Å². The molecule has 3 rings (SSSR count). The van der Waals surface area contributed by atoms with Crippen molar-refractivity contribution in [2.24, 2.45) is 5.92 Å². The Kier molecular flexibility index (Phi) is 4.80. The molecular weight excluding hydrogens is 308 g/mol. The second-order valence-corrected chi connectivity index (χ2v) is 6.44. The number of pyridine rings is 1. The monoisotopic (exact) mass is 330 g/mol. The molecule has 128 valence electrons. The van der Waals surface area contributed by atoms with E-state index in [-0.39, 0.29) is 36.0 Å². The van der Waals surface area contributed by atoms with Gasteiger partial charge in [-0.15, -0.1) is 0 Å². The molecule has 2 aromatic heterocycles. The quantitative estimate of drug-likeness (QED) is 0.616. The number of hydrogen-bond donors (Lipinski definition) is 4. The topological polar surface area (TPSA) is 111 Å². The Morgan fingerprint density at radius 3 is 2.79 bits per heavy atom. The third-order valence-corrected chi connectivity index (χ3v) is 4.65. The van der Waals surface area contributed by atoms with Crippen molar-refractivity contribution >= 4 is 5.91 Å². The number of aromatic nitrogens is 3. The second-order valence-electron chi connectivity index (χ2n) is 6.44. The molecule has 1 amide bonds. The van der Waals surface area contributed by atoms with Crippen LogP contribution in [0, 0.1) is 12.8 Å². The number of aliphatic hydroxyl groups is 1. The minimum Gasteiger partial charge on any atom is -0.393 e. The summed E-state index contributed by atoms with van der Waals surface area (Å²) in [6.07, 6.45) is 3.47. The van der Waals surface area contributed by atoms with Gasteiger partial charge >= 0.3 is 0 Å². The molecule has 0 spiro atoms. The first-order chi connectivity index (χ1) is 11.5. The predicted octanol–water partition coefficient (Wildman–Crippen LogP) is 0.447. The van der Waals surface area contributed by atoms with Gasteiger partial charge in [-0.05, 0) is 37.8 Å². The lowest BCUT2D eigenvalue weighted by Crippen LogP contribution is -2.48. The Labute approximate surface area is 139 Å². The lowest BCUT2D eigenvalue weighted by Gasteiger charge is -2.38. The molecule has 0 saturated heterocycles. The number of H-pyrrole nitrogens is 2. The highest BCUT2D eigenvalue weighted by Gasteiger charge is 2.35. The van der Waals surface area contributed by atoms with Crippen LogP contribution in [0.25, 0.3) is 0 Å². The van der Waals surface area contributed by atoms with Crippen molar-refractivity contribution in [2.45, 2.75) is 44.8 Å². The van der Waals surface area contributed by atoms with E-state index in [1.807, 2.05) is 18.2 Å². The average molecular weight is 330 g/mol. The minimum absolute atomic E-state index is 0.0403. The molecule has 1 fully saturated rings. The summed E-state index contributed by atoms with van der Waals surface area (Å²) in [5.41, 5.74) is 1.77. The van der Waals surface area contributed by atoms with E-state index in [4.69, 9.17) is 0 Å². The smallest absolute Gasteiger partial charge is 0.267 e. The fourth-order valence-electron chi connectivity index (χ4n) is 3.14. The van der Waals surface area contributed by atoms with E-state index < -0.39 is 0 Å². The van der Waals surface area contributed by atoms with Gasteiger partial charge in [0.2, 0.25) is 5.91 Å². The van der Waals surface area contributed by atoms with Crippen molar-refractivity contribution < 1.29 is 9.90 Å². The molecule has 0 radical (unpaired) electrons. The second kappa shape index (κ2) is 7.00. The highest BCUT2D eigenvalue weighted by molar-refractivity contribution is 5.79. The van der Waals surface area contributed by atoms with Gasteiger partial charge in [0.1, 0.15) is 0 Å². The molecule has 1 unspecified atom stereocenters. The van der Waals surface area contributed by atoms with Crippen molar-refractivity contribution in [3.8, 4) is 0 Å². The maximum absolute atomic E-state index is 12.4. The molecule has 7 nitrogen and oxygen atoms in total. The number of rotatable bonds is 6. The number of aliphatic hydroxyl groups excluding tert-OH is 1. The molecule has 1 aliphatic rings. The van der Waals surface area contributed by atoms with E-state index in [1.54, 1.807) is 13.1 Å². The normalized spacial score (nSPS) is 21.1. The first kappa shape index (κ1) is 16.4. The molecule has 1 saturated carbocycles. The summed E-state index contributed by atoms with van der Waals surface area (Å²) in [4.78, 5) is 28.4. The fraction of sp³-hybridized carbons (Fsp3) is 0.471. The van der Waals surface area contributed by atoms with Crippen LogP contribution in [-0.4, -0.2) is 38.3 Å². The van der Waals surface area contributed by atoms with Gasteiger partial charge in [-0.1, -0.05) is 6.07 Å². The molecular formula is C17H22N4O3. The van der Waals surface area contributed by atoms with E-state index in [9.17, 15) is 14.7 Å². The summed E-state index contributed by atoms with van der Waals surface area (Å²) >= 11 is 0. The molecule has 1 aliphatic carbocycles. The summed E-state index contributed by atoms with van der Waals surface area (Å²) in [5.74, 6) is 0.0436. The van der Waals surface area contributed by atoms with Crippen molar-refractivity contribution in [2.75, 3.05) is 0 Å². The van der Waals surface area contributed by atoms with Gasteiger partial charge in [0.15, 0.2) is 0 Å². The van der Waals surface area contributed by atoms with Gasteiger partial charge in [0.25, 0.3) is 5.56 Å². The number of hydrogen-bond acceptors (Lipinski definition) is 4. The molecule has 24 heavy (non-hydrogen) atoms. The predicted molar refractivity (Wildman–Crippen MR) is 88.5 cm³/mol. The lowest BCUT2D eigenvalue weighted by atomic mass is 9.76.